The van der Waals surface area contributed by atoms with Gasteiger partial charge in [0, 0.05) is 25.5 Å². The number of hydrogen-bond acceptors (Lipinski definition) is 6. The molecule has 0 bridgehead atoms. The molecule has 3 heterocycles. The molecule has 154 valence electrons. The van der Waals surface area contributed by atoms with Gasteiger partial charge in [0.05, 0.1) is 11.9 Å². The molecule has 3 N–H and O–H groups in total. The van der Waals surface area contributed by atoms with E-state index in [9.17, 15) is 9.59 Å². The fraction of sp³-hybridized carbons (Fsp3) is 0.368. The lowest BCUT2D eigenvalue weighted by atomic mass is 10.0. The van der Waals surface area contributed by atoms with Crippen molar-refractivity contribution in [1.82, 2.24) is 25.1 Å². The van der Waals surface area contributed by atoms with Crippen LogP contribution in [0.3, 0.4) is 0 Å². The molecular weight excluding hydrogens is 392 g/mol. The van der Waals surface area contributed by atoms with Crippen molar-refractivity contribution in [3.63, 3.8) is 0 Å². The average molecular weight is 417 g/mol. The number of aromatic nitrogens is 4. The molecule has 0 aliphatic carbocycles. The van der Waals surface area contributed by atoms with E-state index in [1.165, 1.54) is 11.8 Å². The Labute approximate surface area is 172 Å². The van der Waals surface area contributed by atoms with Gasteiger partial charge >= 0.3 is 0 Å². The molecule has 0 spiro atoms. The third-order valence-corrected chi connectivity index (χ3v) is 5.17. The van der Waals surface area contributed by atoms with Gasteiger partial charge in [-0.15, -0.1) is 0 Å². The topological polar surface area (TPSA) is 118 Å². The minimum Gasteiger partial charge on any atom is -0.455 e. The van der Waals surface area contributed by atoms with Crippen LogP contribution in [0.15, 0.2) is 46.4 Å². The molecule has 1 atom stereocenters. The van der Waals surface area contributed by atoms with E-state index in [0.717, 1.165) is 5.16 Å². The van der Waals surface area contributed by atoms with E-state index in [-0.39, 0.29) is 17.6 Å². The summed E-state index contributed by atoms with van der Waals surface area (Å²) >= 11 is 1.51. The number of hydrogen-bond donors (Lipinski definition) is 3. The smallest absolute Gasteiger partial charge is 0.287 e. The molecule has 3 aromatic rings. The standard InChI is InChI=1S/C19H24N6O3S/c1-12(2)10-14(17(26)23-16-6-7-21-24-16)22-18(27)15-5-4-13(28-15)11-29-19-20-8-9-25(19)3/h4-9,12,14H,10-11H2,1-3H3,(H,22,27)(H2,21,23,24,26). The highest BCUT2D eigenvalue weighted by Crippen LogP contribution is 2.22. The largest absolute Gasteiger partial charge is 0.455 e. The first-order chi connectivity index (χ1) is 13.9. The molecule has 0 aliphatic rings. The Hall–Kier alpha value is -3.01. The molecule has 10 heteroatoms. The highest BCUT2D eigenvalue weighted by molar-refractivity contribution is 7.98. The van der Waals surface area contributed by atoms with Crippen LogP contribution in [0, 0.1) is 5.92 Å². The first-order valence-corrected chi connectivity index (χ1v) is 10.2. The number of carbonyl (C=O) groups is 2. The molecule has 29 heavy (non-hydrogen) atoms. The summed E-state index contributed by atoms with van der Waals surface area (Å²) in [6, 6.07) is 4.32. The lowest BCUT2D eigenvalue weighted by molar-refractivity contribution is -0.118. The number of nitrogens with one attached hydrogen (secondary N) is 3. The van der Waals surface area contributed by atoms with E-state index in [1.54, 1.807) is 30.6 Å². The fourth-order valence-corrected chi connectivity index (χ4v) is 3.51. The second kappa shape index (κ2) is 9.46. The maximum atomic E-state index is 12.6. The van der Waals surface area contributed by atoms with Crippen molar-refractivity contribution in [2.45, 2.75) is 37.2 Å². The summed E-state index contributed by atoms with van der Waals surface area (Å²) in [5.41, 5.74) is 0. The van der Waals surface area contributed by atoms with Gasteiger partial charge in [0.2, 0.25) is 5.91 Å². The molecule has 0 radical (unpaired) electrons. The van der Waals surface area contributed by atoms with Crippen LogP contribution in [-0.4, -0.2) is 37.6 Å². The zero-order chi connectivity index (χ0) is 20.8. The van der Waals surface area contributed by atoms with E-state index in [1.807, 2.05) is 31.7 Å². The van der Waals surface area contributed by atoms with Crippen LogP contribution in [0.1, 0.15) is 36.6 Å². The van der Waals surface area contributed by atoms with Gasteiger partial charge < -0.3 is 19.6 Å². The maximum absolute atomic E-state index is 12.6. The predicted octanol–water partition coefficient (Wildman–Crippen LogP) is 2.81. The van der Waals surface area contributed by atoms with Crippen LogP contribution < -0.4 is 10.6 Å². The molecule has 3 aromatic heterocycles. The van der Waals surface area contributed by atoms with Crippen LogP contribution in [0.25, 0.3) is 0 Å². The molecule has 0 aromatic carbocycles. The van der Waals surface area contributed by atoms with E-state index >= 15 is 0 Å². The van der Waals surface area contributed by atoms with E-state index < -0.39 is 11.9 Å². The molecule has 0 aliphatic heterocycles. The highest BCUT2D eigenvalue weighted by Gasteiger charge is 2.24. The summed E-state index contributed by atoms with van der Waals surface area (Å²) in [6.07, 6.45) is 5.63. The minimum absolute atomic E-state index is 0.170. The van der Waals surface area contributed by atoms with Gasteiger partial charge in [-0.3, -0.25) is 14.7 Å². The van der Waals surface area contributed by atoms with Crippen molar-refractivity contribution in [2.75, 3.05) is 5.32 Å². The summed E-state index contributed by atoms with van der Waals surface area (Å²) in [5, 5.41) is 12.8. The number of rotatable bonds is 9. The number of imidazole rings is 1. The van der Waals surface area contributed by atoms with E-state index in [4.69, 9.17) is 4.42 Å². The fourth-order valence-electron chi connectivity index (χ4n) is 2.68. The summed E-state index contributed by atoms with van der Waals surface area (Å²) in [7, 11) is 1.92. The molecule has 2 amide bonds. The summed E-state index contributed by atoms with van der Waals surface area (Å²) < 4.78 is 7.57. The van der Waals surface area contributed by atoms with Crippen molar-refractivity contribution in [1.29, 1.82) is 0 Å². The predicted molar refractivity (Wildman–Crippen MR) is 109 cm³/mol. The maximum Gasteiger partial charge on any atom is 0.287 e. The van der Waals surface area contributed by atoms with Gasteiger partial charge in [-0.1, -0.05) is 25.6 Å². The van der Waals surface area contributed by atoms with Gasteiger partial charge in [-0.25, -0.2) is 4.98 Å². The third kappa shape index (κ3) is 5.74. The zero-order valence-corrected chi connectivity index (χ0v) is 17.3. The summed E-state index contributed by atoms with van der Waals surface area (Å²) in [5.74, 6) is 1.33. The van der Waals surface area contributed by atoms with Gasteiger partial charge in [0.25, 0.3) is 5.91 Å². The van der Waals surface area contributed by atoms with Crippen LogP contribution in [0.2, 0.25) is 0 Å². The van der Waals surface area contributed by atoms with Crippen molar-refractivity contribution >= 4 is 29.4 Å². The number of thioether (sulfide) groups is 1. The molecule has 9 nitrogen and oxygen atoms in total. The monoisotopic (exact) mass is 416 g/mol. The molecule has 1 unspecified atom stereocenters. The first kappa shape index (κ1) is 20.7. The summed E-state index contributed by atoms with van der Waals surface area (Å²) in [4.78, 5) is 29.4. The van der Waals surface area contributed by atoms with E-state index in [0.29, 0.717) is 23.8 Å². The Balaban J connectivity index is 1.60. The van der Waals surface area contributed by atoms with Gasteiger partial charge in [0.1, 0.15) is 17.6 Å². The zero-order valence-electron chi connectivity index (χ0n) is 16.5. The van der Waals surface area contributed by atoms with Gasteiger partial charge in [0.15, 0.2) is 10.9 Å². The van der Waals surface area contributed by atoms with Crippen LogP contribution in [-0.2, 0) is 17.6 Å². The number of aryl methyl sites for hydroxylation is 1. The van der Waals surface area contributed by atoms with Gasteiger partial charge in [-0.05, 0) is 24.5 Å². The number of nitrogens with zero attached hydrogens (tertiary/aromatic N) is 3. The Bertz CT molecular complexity index is 947. The van der Waals surface area contributed by atoms with Crippen molar-refractivity contribution in [2.24, 2.45) is 13.0 Å². The molecule has 0 saturated heterocycles. The number of carbonyl (C=O) groups excluding carboxylic acids is 2. The SMILES string of the molecule is CC(C)CC(NC(=O)c1ccc(CSc2nccn2C)o1)C(=O)Nc1ccn[nH]1. The number of H-pyrrole nitrogens is 1. The molecule has 0 saturated carbocycles. The summed E-state index contributed by atoms with van der Waals surface area (Å²) in [6.45, 7) is 3.98. The van der Waals surface area contributed by atoms with E-state index in [2.05, 4.69) is 25.8 Å². The lowest BCUT2D eigenvalue weighted by Crippen LogP contribution is -2.44. The molecular formula is C19H24N6O3S. The third-order valence-electron chi connectivity index (χ3n) is 4.09. The Morgan fingerprint density at radius 3 is 2.76 bits per heavy atom. The average Bonchev–Trinajstić information content (AvgIpc) is 3.41. The lowest BCUT2D eigenvalue weighted by Gasteiger charge is -2.19. The number of amides is 2. The Morgan fingerprint density at radius 1 is 1.28 bits per heavy atom. The van der Waals surface area contributed by atoms with Crippen molar-refractivity contribution in [3.8, 4) is 0 Å². The highest BCUT2D eigenvalue weighted by atomic mass is 32.2. The van der Waals surface area contributed by atoms with Crippen LogP contribution >= 0.6 is 11.8 Å². The second-order valence-corrected chi connectivity index (χ2v) is 7.93. The Kier molecular flexibility index (Phi) is 6.76. The van der Waals surface area contributed by atoms with Gasteiger partial charge in [-0.2, -0.15) is 5.10 Å². The second-order valence-electron chi connectivity index (χ2n) is 6.99. The van der Waals surface area contributed by atoms with Crippen molar-refractivity contribution < 1.29 is 14.0 Å². The van der Waals surface area contributed by atoms with Crippen LogP contribution in [0.4, 0.5) is 5.82 Å². The minimum atomic E-state index is -0.693. The van der Waals surface area contributed by atoms with Crippen molar-refractivity contribution in [3.05, 3.63) is 48.3 Å². The number of aromatic amines is 1. The van der Waals surface area contributed by atoms with Crippen LogP contribution in [0.5, 0.6) is 0 Å². The Morgan fingerprint density at radius 2 is 2.10 bits per heavy atom. The normalized spacial score (nSPS) is 12.1. The quantitative estimate of drug-likeness (QED) is 0.462. The number of furan rings is 1. The molecule has 0 fully saturated rings. The number of anilines is 1. The first-order valence-electron chi connectivity index (χ1n) is 9.22. The molecule has 3 rings (SSSR count).